The molecule has 2 aliphatic rings. The Morgan fingerprint density at radius 3 is 2.78 bits per heavy atom. The van der Waals surface area contributed by atoms with Crippen molar-refractivity contribution >= 4 is 17.5 Å². The molecule has 8 nitrogen and oxygen atoms in total. The number of hydrogen-bond acceptors (Lipinski definition) is 8. The van der Waals surface area contributed by atoms with E-state index in [1.807, 2.05) is 31.2 Å². The molecule has 2 fully saturated rings. The molecule has 2 N–H and O–H groups in total. The molecule has 0 bridgehead atoms. The molecule has 0 amide bonds. The van der Waals surface area contributed by atoms with Crippen LogP contribution in [0.4, 0.5) is 17.5 Å². The zero-order valence-electron chi connectivity index (χ0n) is 19.2. The number of methoxy groups -OCH3 is 1. The van der Waals surface area contributed by atoms with Gasteiger partial charge in [-0.2, -0.15) is 4.98 Å². The lowest BCUT2D eigenvalue weighted by atomic mass is 10.1. The molecule has 1 aromatic heterocycles. The van der Waals surface area contributed by atoms with Gasteiger partial charge in [0.05, 0.1) is 26.4 Å². The van der Waals surface area contributed by atoms with Crippen molar-refractivity contribution in [2.75, 3.05) is 57.2 Å². The molecule has 32 heavy (non-hydrogen) atoms. The largest absolute Gasteiger partial charge is 0.493 e. The summed E-state index contributed by atoms with van der Waals surface area (Å²) in [6.07, 6.45) is 5.79. The molecule has 0 saturated carbocycles. The standard InChI is InChI=1S/C24H35N5O3/c1-18-15-23(26-20-7-5-13-31-17-20)28-24(25-18)27-19-8-9-21(30-2)22(16-19)32-14-6-12-29-10-3-4-11-29/h8-9,15-16,20H,3-7,10-14,17H2,1-2H3,(H2,25,26,27,28). The summed E-state index contributed by atoms with van der Waals surface area (Å²) in [5.41, 5.74) is 1.76. The van der Waals surface area contributed by atoms with Crippen molar-refractivity contribution in [1.29, 1.82) is 0 Å². The van der Waals surface area contributed by atoms with Gasteiger partial charge in [0.15, 0.2) is 11.5 Å². The lowest BCUT2D eigenvalue weighted by molar-refractivity contribution is 0.0875. The highest BCUT2D eigenvalue weighted by molar-refractivity contribution is 5.60. The normalized spacial score (nSPS) is 19.0. The van der Waals surface area contributed by atoms with Gasteiger partial charge in [-0.15, -0.1) is 0 Å². The Balaban J connectivity index is 1.37. The molecule has 4 rings (SSSR count). The van der Waals surface area contributed by atoms with E-state index in [2.05, 4.69) is 25.5 Å². The minimum absolute atomic E-state index is 0.285. The molecule has 1 atom stereocenters. The van der Waals surface area contributed by atoms with Crippen LogP contribution in [0.2, 0.25) is 0 Å². The first kappa shape index (κ1) is 22.6. The average molecular weight is 442 g/mol. The topological polar surface area (TPSA) is 80.8 Å². The monoisotopic (exact) mass is 441 g/mol. The number of aryl methyl sites for hydroxylation is 1. The van der Waals surface area contributed by atoms with Gasteiger partial charge in [0.2, 0.25) is 5.95 Å². The molecule has 174 valence electrons. The van der Waals surface area contributed by atoms with Gasteiger partial charge in [-0.05, 0) is 64.3 Å². The number of ether oxygens (including phenoxy) is 3. The molecule has 0 spiro atoms. The van der Waals surface area contributed by atoms with Crippen LogP contribution in [0.15, 0.2) is 24.3 Å². The van der Waals surface area contributed by atoms with Gasteiger partial charge in [0.25, 0.3) is 0 Å². The number of hydrogen-bond donors (Lipinski definition) is 2. The summed E-state index contributed by atoms with van der Waals surface area (Å²) in [6, 6.07) is 8.05. The lowest BCUT2D eigenvalue weighted by Crippen LogP contribution is -2.30. The van der Waals surface area contributed by atoms with Crippen molar-refractivity contribution in [3.8, 4) is 11.5 Å². The van der Waals surface area contributed by atoms with E-state index in [0.717, 1.165) is 61.1 Å². The third kappa shape index (κ3) is 6.46. The Hall–Kier alpha value is -2.58. The first-order chi connectivity index (χ1) is 15.7. The summed E-state index contributed by atoms with van der Waals surface area (Å²) in [5.74, 6) is 2.81. The molecule has 8 heteroatoms. The van der Waals surface area contributed by atoms with Gasteiger partial charge in [-0.25, -0.2) is 4.98 Å². The second-order valence-corrected chi connectivity index (χ2v) is 8.52. The highest BCUT2D eigenvalue weighted by atomic mass is 16.5. The Kier molecular flexibility index (Phi) is 8.01. The zero-order chi connectivity index (χ0) is 22.2. The molecule has 2 aliphatic heterocycles. The Morgan fingerprint density at radius 2 is 2.00 bits per heavy atom. The molecule has 0 radical (unpaired) electrons. The summed E-state index contributed by atoms with van der Waals surface area (Å²) in [4.78, 5) is 11.7. The third-order valence-corrected chi connectivity index (χ3v) is 5.86. The van der Waals surface area contributed by atoms with Gasteiger partial charge < -0.3 is 29.7 Å². The van der Waals surface area contributed by atoms with E-state index >= 15 is 0 Å². The highest BCUT2D eigenvalue weighted by Crippen LogP contribution is 2.31. The van der Waals surface area contributed by atoms with Gasteiger partial charge in [0, 0.05) is 36.7 Å². The maximum absolute atomic E-state index is 6.06. The summed E-state index contributed by atoms with van der Waals surface area (Å²) < 4.78 is 17.1. The number of rotatable bonds is 10. The van der Waals surface area contributed by atoms with E-state index in [1.165, 1.54) is 25.9 Å². The SMILES string of the molecule is COc1ccc(Nc2nc(C)cc(NC3CCCOC3)n2)cc1OCCCN1CCCC1. The molecular formula is C24H35N5O3. The number of nitrogens with zero attached hydrogens (tertiary/aromatic N) is 3. The van der Waals surface area contributed by atoms with Crippen LogP contribution in [0.1, 0.15) is 37.8 Å². The van der Waals surface area contributed by atoms with Crippen LogP contribution in [0.25, 0.3) is 0 Å². The zero-order valence-corrected chi connectivity index (χ0v) is 19.2. The number of anilines is 3. The van der Waals surface area contributed by atoms with Crippen LogP contribution in [-0.2, 0) is 4.74 Å². The molecule has 3 heterocycles. The van der Waals surface area contributed by atoms with Crippen molar-refractivity contribution in [3.05, 3.63) is 30.0 Å². The molecule has 2 saturated heterocycles. The minimum Gasteiger partial charge on any atom is -0.493 e. The van der Waals surface area contributed by atoms with Crippen molar-refractivity contribution in [1.82, 2.24) is 14.9 Å². The van der Waals surface area contributed by atoms with Crippen molar-refractivity contribution < 1.29 is 14.2 Å². The van der Waals surface area contributed by atoms with E-state index in [0.29, 0.717) is 19.2 Å². The van der Waals surface area contributed by atoms with Gasteiger partial charge in [-0.3, -0.25) is 0 Å². The Bertz CT molecular complexity index is 867. The lowest BCUT2D eigenvalue weighted by Gasteiger charge is -2.23. The van der Waals surface area contributed by atoms with Crippen molar-refractivity contribution in [2.24, 2.45) is 0 Å². The maximum atomic E-state index is 6.06. The van der Waals surface area contributed by atoms with Crippen LogP contribution in [-0.4, -0.2) is 67.5 Å². The second kappa shape index (κ2) is 11.3. The predicted molar refractivity (Wildman–Crippen MR) is 126 cm³/mol. The van der Waals surface area contributed by atoms with Crippen LogP contribution in [0.5, 0.6) is 11.5 Å². The number of likely N-dealkylation sites (tertiary alicyclic amines) is 1. The third-order valence-electron chi connectivity index (χ3n) is 5.86. The van der Waals surface area contributed by atoms with E-state index in [1.54, 1.807) is 7.11 Å². The maximum Gasteiger partial charge on any atom is 0.229 e. The van der Waals surface area contributed by atoms with Gasteiger partial charge in [0.1, 0.15) is 5.82 Å². The summed E-state index contributed by atoms with van der Waals surface area (Å²) >= 11 is 0. The Labute approximate surface area is 190 Å². The van der Waals surface area contributed by atoms with E-state index in [9.17, 15) is 0 Å². The van der Waals surface area contributed by atoms with Crippen molar-refractivity contribution in [3.63, 3.8) is 0 Å². The molecule has 1 aromatic carbocycles. The van der Waals surface area contributed by atoms with Gasteiger partial charge >= 0.3 is 0 Å². The average Bonchev–Trinajstić information content (AvgIpc) is 3.31. The van der Waals surface area contributed by atoms with Crippen molar-refractivity contribution in [2.45, 2.75) is 45.1 Å². The Morgan fingerprint density at radius 1 is 1.12 bits per heavy atom. The molecule has 0 aliphatic carbocycles. The molecular weight excluding hydrogens is 406 g/mol. The fourth-order valence-electron chi connectivity index (χ4n) is 4.23. The van der Waals surface area contributed by atoms with Crippen LogP contribution in [0.3, 0.4) is 0 Å². The number of benzene rings is 1. The highest BCUT2D eigenvalue weighted by Gasteiger charge is 2.15. The first-order valence-electron chi connectivity index (χ1n) is 11.7. The summed E-state index contributed by atoms with van der Waals surface area (Å²) in [5, 5.41) is 6.78. The van der Waals surface area contributed by atoms with E-state index < -0.39 is 0 Å². The second-order valence-electron chi connectivity index (χ2n) is 8.52. The molecule has 2 aromatic rings. The van der Waals surface area contributed by atoms with Gasteiger partial charge in [-0.1, -0.05) is 0 Å². The first-order valence-corrected chi connectivity index (χ1v) is 11.7. The smallest absolute Gasteiger partial charge is 0.229 e. The molecule has 1 unspecified atom stereocenters. The number of nitrogens with one attached hydrogen (secondary N) is 2. The minimum atomic E-state index is 0.285. The summed E-state index contributed by atoms with van der Waals surface area (Å²) in [6.45, 7) is 7.69. The van der Waals surface area contributed by atoms with E-state index in [-0.39, 0.29) is 6.04 Å². The fraction of sp³-hybridized carbons (Fsp3) is 0.583. The van der Waals surface area contributed by atoms with E-state index in [4.69, 9.17) is 14.2 Å². The van der Waals surface area contributed by atoms with Crippen LogP contribution < -0.4 is 20.1 Å². The van der Waals surface area contributed by atoms with Crippen LogP contribution in [0, 0.1) is 6.92 Å². The predicted octanol–water partition coefficient (Wildman–Crippen LogP) is 3.99. The van der Waals surface area contributed by atoms with Crippen LogP contribution >= 0.6 is 0 Å². The summed E-state index contributed by atoms with van der Waals surface area (Å²) in [7, 11) is 1.66. The quantitative estimate of drug-likeness (QED) is 0.536. The fourth-order valence-corrected chi connectivity index (χ4v) is 4.23. The number of aromatic nitrogens is 2.